The molecule has 94 valence electrons. The van der Waals surface area contributed by atoms with Crippen LogP contribution in [0.4, 0.5) is 0 Å². The molecule has 17 heavy (non-hydrogen) atoms. The normalized spacial score (nSPS) is 29.7. The van der Waals surface area contributed by atoms with Crippen LogP contribution in [0.1, 0.15) is 6.42 Å². The van der Waals surface area contributed by atoms with E-state index in [4.69, 9.17) is 0 Å². The quantitative estimate of drug-likeness (QED) is 0.810. The van der Waals surface area contributed by atoms with Gasteiger partial charge in [-0.3, -0.25) is 0 Å². The predicted octanol–water partition coefficient (Wildman–Crippen LogP) is 0.00750. The highest BCUT2D eigenvalue weighted by Gasteiger charge is 2.43. The number of hydrogen-bond donors (Lipinski definition) is 1. The molecular formula is C11H17N3O2S. The predicted molar refractivity (Wildman–Crippen MR) is 64.1 cm³/mol. The van der Waals surface area contributed by atoms with Crippen molar-refractivity contribution in [1.82, 2.24) is 14.2 Å². The summed E-state index contributed by atoms with van der Waals surface area (Å²) in [6, 6.07) is 1.82. The Balaban J connectivity index is 1.93. The maximum absolute atomic E-state index is 12.5. The Morgan fingerprint density at radius 2 is 2.24 bits per heavy atom. The molecule has 3 heterocycles. The van der Waals surface area contributed by atoms with Gasteiger partial charge in [0.2, 0.25) is 10.0 Å². The van der Waals surface area contributed by atoms with Crippen LogP contribution in [-0.2, 0) is 17.1 Å². The van der Waals surface area contributed by atoms with Gasteiger partial charge in [0.15, 0.2) is 0 Å². The van der Waals surface area contributed by atoms with Gasteiger partial charge in [-0.25, -0.2) is 8.42 Å². The molecule has 2 atom stereocenters. The van der Waals surface area contributed by atoms with E-state index in [9.17, 15) is 8.42 Å². The molecule has 6 heteroatoms. The first-order valence-electron chi connectivity index (χ1n) is 5.93. The molecule has 0 unspecified atom stereocenters. The maximum atomic E-state index is 12.5. The third-order valence-corrected chi connectivity index (χ3v) is 5.71. The Kier molecular flexibility index (Phi) is 2.53. The second-order valence-corrected chi connectivity index (χ2v) is 6.79. The number of nitrogens with one attached hydrogen (secondary N) is 1. The summed E-state index contributed by atoms with van der Waals surface area (Å²) in [7, 11) is -1.46. The Hall–Kier alpha value is -0.850. The molecule has 0 aliphatic carbocycles. The maximum Gasteiger partial charge on any atom is 0.244 e. The smallest absolute Gasteiger partial charge is 0.244 e. The number of sulfonamides is 1. The molecule has 3 rings (SSSR count). The lowest BCUT2D eigenvalue weighted by molar-refractivity contribution is 0.383. The summed E-state index contributed by atoms with van der Waals surface area (Å²) in [4.78, 5) is 0.410. The summed E-state index contributed by atoms with van der Waals surface area (Å²) in [5.41, 5.74) is 0. The molecule has 2 fully saturated rings. The molecule has 0 amide bonds. The molecular weight excluding hydrogens is 238 g/mol. The topological polar surface area (TPSA) is 54.3 Å². The van der Waals surface area contributed by atoms with E-state index < -0.39 is 10.0 Å². The first-order chi connectivity index (χ1) is 8.09. The van der Waals surface area contributed by atoms with E-state index in [1.807, 2.05) is 7.05 Å². The van der Waals surface area contributed by atoms with Gasteiger partial charge in [0, 0.05) is 38.6 Å². The van der Waals surface area contributed by atoms with Crippen LogP contribution in [0.5, 0.6) is 0 Å². The number of hydrogen-bond acceptors (Lipinski definition) is 3. The molecule has 1 aromatic heterocycles. The molecule has 1 aromatic rings. The van der Waals surface area contributed by atoms with E-state index in [1.54, 1.807) is 27.3 Å². The van der Waals surface area contributed by atoms with Crippen molar-refractivity contribution in [2.75, 3.05) is 19.6 Å². The molecule has 0 saturated carbocycles. The van der Waals surface area contributed by atoms with E-state index in [-0.39, 0.29) is 6.04 Å². The van der Waals surface area contributed by atoms with Gasteiger partial charge in [0.05, 0.1) is 4.90 Å². The molecule has 2 saturated heterocycles. The summed E-state index contributed by atoms with van der Waals surface area (Å²) in [6.07, 6.45) is 4.42. The molecule has 5 nitrogen and oxygen atoms in total. The van der Waals surface area contributed by atoms with Crippen molar-refractivity contribution < 1.29 is 8.42 Å². The fraction of sp³-hybridized carbons (Fsp3) is 0.636. The Morgan fingerprint density at radius 3 is 2.94 bits per heavy atom. The highest BCUT2D eigenvalue weighted by Crippen LogP contribution is 2.32. The fourth-order valence-corrected chi connectivity index (χ4v) is 4.63. The van der Waals surface area contributed by atoms with Gasteiger partial charge in [-0.15, -0.1) is 0 Å². The van der Waals surface area contributed by atoms with Crippen molar-refractivity contribution in [3.05, 3.63) is 18.5 Å². The summed E-state index contributed by atoms with van der Waals surface area (Å²) in [6.45, 7) is 2.40. The van der Waals surface area contributed by atoms with Gasteiger partial charge in [-0.2, -0.15) is 4.31 Å². The van der Waals surface area contributed by atoms with Crippen LogP contribution in [0.15, 0.2) is 23.4 Å². The zero-order valence-electron chi connectivity index (χ0n) is 9.83. The number of aromatic nitrogens is 1. The van der Waals surface area contributed by atoms with Crippen molar-refractivity contribution in [3.63, 3.8) is 0 Å². The molecule has 0 radical (unpaired) electrons. The van der Waals surface area contributed by atoms with Crippen molar-refractivity contribution in [3.8, 4) is 0 Å². The van der Waals surface area contributed by atoms with Gasteiger partial charge in [0.1, 0.15) is 0 Å². The Morgan fingerprint density at radius 1 is 1.41 bits per heavy atom. The lowest BCUT2D eigenvalue weighted by atomic mass is 10.1. The highest BCUT2D eigenvalue weighted by atomic mass is 32.2. The standard InChI is InChI=1S/C11H17N3O2S/c1-13-4-3-10(8-13)17(15,16)14-5-2-9-6-12-7-11(9)14/h3-4,8-9,11-12H,2,5-7H2,1H3/t9-,11+/m1/s1. The van der Waals surface area contributed by atoms with Crippen molar-refractivity contribution in [2.24, 2.45) is 13.0 Å². The van der Waals surface area contributed by atoms with Crippen molar-refractivity contribution in [1.29, 1.82) is 0 Å². The number of fused-ring (bicyclic) bond motifs is 1. The van der Waals surface area contributed by atoms with Gasteiger partial charge < -0.3 is 9.88 Å². The van der Waals surface area contributed by atoms with Gasteiger partial charge in [0.25, 0.3) is 0 Å². The number of aryl methyl sites for hydroxylation is 1. The molecule has 1 N–H and O–H groups in total. The fourth-order valence-electron chi connectivity index (χ4n) is 2.87. The second kappa shape index (κ2) is 3.83. The minimum absolute atomic E-state index is 0.153. The lowest BCUT2D eigenvalue weighted by Gasteiger charge is -2.22. The third kappa shape index (κ3) is 1.71. The Labute approximate surface area is 101 Å². The molecule has 0 spiro atoms. The first kappa shape index (κ1) is 11.3. The van der Waals surface area contributed by atoms with Crippen LogP contribution >= 0.6 is 0 Å². The minimum Gasteiger partial charge on any atom is -0.356 e. The van der Waals surface area contributed by atoms with E-state index in [0.29, 0.717) is 17.4 Å². The molecule has 2 aliphatic heterocycles. The van der Waals surface area contributed by atoms with Crippen LogP contribution in [0.2, 0.25) is 0 Å². The summed E-state index contributed by atoms with van der Waals surface area (Å²) < 4.78 is 28.4. The zero-order valence-corrected chi connectivity index (χ0v) is 10.7. The van der Waals surface area contributed by atoms with Crippen molar-refractivity contribution >= 4 is 10.0 Å². The van der Waals surface area contributed by atoms with E-state index in [2.05, 4.69) is 5.32 Å². The van der Waals surface area contributed by atoms with Crippen LogP contribution in [0.25, 0.3) is 0 Å². The van der Waals surface area contributed by atoms with Gasteiger partial charge in [-0.1, -0.05) is 0 Å². The van der Waals surface area contributed by atoms with E-state index in [1.165, 1.54) is 0 Å². The molecule has 2 aliphatic rings. The van der Waals surface area contributed by atoms with Crippen LogP contribution in [-0.4, -0.2) is 43.0 Å². The number of rotatable bonds is 2. The zero-order chi connectivity index (χ0) is 12.0. The largest absolute Gasteiger partial charge is 0.356 e. The summed E-state index contributed by atoms with van der Waals surface area (Å²) in [5.74, 6) is 0.494. The first-order valence-corrected chi connectivity index (χ1v) is 7.37. The lowest BCUT2D eigenvalue weighted by Crippen LogP contribution is -2.38. The third-order valence-electron chi connectivity index (χ3n) is 3.81. The summed E-state index contributed by atoms with van der Waals surface area (Å²) >= 11 is 0. The summed E-state index contributed by atoms with van der Waals surface area (Å²) in [5, 5.41) is 3.27. The Bertz CT molecular complexity index is 523. The number of nitrogens with zero attached hydrogens (tertiary/aromatic N) is 2. The van der Waals surface area contributed by atoms with E-state index in [0.717, 1.165) is 19.5 Å². The monoisotopic (exact) mass is 255 g/mol. The minimum atomic E-state index is -3.30. The van der Waals surface area contributed by atoms with Gasteiger partial charge >= 0.3 is 0 Å². The average Bonchev–Trinajstić information content (AvgIpc) is 2.89. The van der Waals surface area contributed by atoms with Crippen LogP contribution in [0, 0.1) is 5.92 Å². The molecule has 0 aromatic carbocycles. The molecule has 0 bridgehead atoms. The SMILES string of the molecule is Cn1ccc(S(=O)(=O)N2CC[C@@H]3CNC[C@@H]32)c1. The van der Waals surface area contributed by atoms with Crippen molar-refractivity contribution in [2.45, 2.75) is 17.4 Å². The van der Waals surface area contributed by atoms with E-state index >= 15 is 0 Å². The highest BCUT2D eigenvalue weighted by molar-refractivity contribution is 7.89. The van der Waals surface area contributed by atoms with Crippen LogP contribution in [0.3, 0.4) is 0 Å². The van der Waals surface area contributed by atoms with Crippen LogP contribution < -0.4 is 5.32 Å². The average molecular weight is 255 g/mol. The van der Waals surface area contributed by atoms with Gasteiger partial charge in [-0.05, 0) is 24.9 Å². The second-order valence-electron chi connectivity index (χ2n) is 4.90.